The molecule has 0 heterocycles. The molecule has 0 aromatic heterocycles. The summed E-state index contributed by atoms with van der Waals surface area (Å²) < 4.78 is 45.7. The summed E-state index contributed by atoms with van der Waals surface area (Å²) >= 11 is 0. The van der Waals surface area contributed by atoms with Gasteiger partial charge in [-0.2, -0.15) is 0 Å². The van der Waals surface area contributed by atoms with Crippen LogP contribution in [-0.4, -0.2) is 23.5 Å². The van der Waals surface area contributed by atoms with Crippen molar-refractivity contribution in [2.75, 3.05) is 0 Å². The number of hydrogen-bond donors (Lipinski definition) is 4. The highest BCUT2D eigenvalue weighted by atomic mass is 19.4. The fourth-order valence-corrected chi connectivity index (χ4v) is 2.77. The number of aliphatic carboxylic acids is 1. The van der Waals surface area contributed by atoms with Gasteiger partial charge in [0.15, 0.2) is 5.70 Å². The molecular weight excluding hydrogens is 343 g/mol. The molecule has 1 aliphatic carbocycles. The van der Waals surface area contributed by atoms with Crippen molar-refractivity contribution in [1.82, 2.24) is 5.43 Å². The number of nitrogens with two attached hydrogens (primary N) is 2. The first-order valence-corrected chi connectivity index (χ1v) is 7.41. The van der Waals surface area contributed by atoms with Crippen molar-refractivity contribution in [3.63, 3.8) is 0 Å². The number of hydrogen-bond acceptors (Lipinski definition) is 6. The van der Waals surface area contributed by atoms with Gasteiger partial charge in [0.25, 0.3) is 0 Å². The lowest BCUT2D eigenvalue weighted by atomic mass is 9.97. The maximum atomic E-state index is 12.2. The van der Waals surface area contributed by atoms with Crippen LogP contribution in [0.4, 0.5) is 13.2 Å². The van der Waals surface area contributed by atoms with E-state index in [2.05, 4.69) is 4.74 Å². The average Bonchev–Trinajstić information content (AvgIpc) is 2.95. The van der Waals surface area contributed by atoms with Crippen molar-refractivity contribution in [3.05, 3.63) is 41.4 Å². The Morgan fingerprint density at radius 2 is 1.88 bits per heavy atom. The minimum Gasteiger partial charge on any atom is -0.476 e. The maximum Gasteiger partial charge on any atom is 0.573 e. The van der Waals surface area contributed by atoms with Gasteiger partial charge in [-0.05, 0) is 42.9 Å². The summed E-state index contributed by atoms with van der Waals surface area (Å²) in [4.78, 5) is 10.9. The molecule has 10 heteroatoms. The number of ether oxygens (including phenoxy) is 2. The van der Waals surface area contributed by atoms with Gasteiger partial charge in [-0.25, -0.2) is 4.79 Å². The van der Waals surface area contributed by atoms with Crippen molar-refractivity contribution < 1.29 is 32.5 Å². The van der Waals surface area contributed by atoms with Crippen molar-refractivity contribution in [2.24, 2.45) is 11.6 Å². The molecule has 2 unspecified atom stereocenters. The normalized spacial score (nSPS) is 21.4. The fourth-order valence-electron chi connectivity index (χ4n) is 2.77. The Hall–Kier alpha value is -2.62. The van der Waals surface area contributed by atoms with Crippen LogP contribution in [0.5, 0.6) is 5.75 Å². The van der Waals surface area contributed by atoms with E-state index < -0.39 is 18.0 Å². The van der Waals surface area contributed by atoms with Gasteiger partial charge in [0.05, 0.1) is 0 Å². The van der Waals surface area contributed by atoms with Crippen LogP contribution in [0.25, 0.3) is 0 Å². The second-order valence-electron chi connectivity index (χ2n) is 5.56. The average molecular weight is 361 g/mol. The van der Waals surface area contributed by atoms with Gasteiger partial charge in [-0.3, -0.25) is 5.84 Å². The highest BCUT2D eigenvalue weighted by molar-refractivity contribution is 5.86. The Balaban J connectivity index is 1.97. The zero-order valence-corrected chi connectivity index (χ0v) is 13.0. The van der Waals surface area contributed by atoms with Crippen LogP contribution < -0.4 is 21.7 Å². The standard InChI is InChI=1S/C15H18F3N3O4/c16-15(17,18)25-10-4-1-8(2-5-10)9-3-6-11(7-9)24-13(19)12(21-20)14(22)23/h1-2,4-5,9,11,21H,3,6-7,19-20H2,(H,22,23)/b13-12+. The Morgan fingerprint density at radius 1 is 1.24 bits per heavy atom. The second-order valence-corrected chi connectivity index (χ2v) is 5.56. The maximum absolute atomic E-state index is 12.2. The van der Waals surface area contributed by atoms with E-state index in [1.165, 1.54) is 12.1 Å². The van der Waals surface area contributed by atoms with E-state index in [1.807, 2.05) is 5.43 Å². The fraction of sp³-hybridized carbons (Fsp3) is 0.400. The summed E-state index contributed by atoms with van der Waals surface area (Å²) in [5, 5.41) is 8.90. The van der Waals surface area contributed by atoms with E-state index in [0.717, 1.165) is 12.0 Å². The molecule has 0 radical (unpaired) electrons. The summed E-state index contributed by atoms with van der Waals surface area (Å²) in [5.74, 6) is 3.22. The Kier molecular flexibility index (Phi) is 5.62. The van der Waals surface area contributed by atoms with Crippen molar-refractivity contribution in [1.29, 1.82) is 0 Å². The second kappa shape index (κ2) is 7.51. The summed E-state index contributed by atoms with van der Waals surface area (Å²) in [7, 11) is 0. The molecule has 1 fully saturated rings. The van der Waals surface area contributed by atoms with Crippen LogP contribution >= 0.6 is 0 Å². The predicted octanol–water partition coefficient (Wildman–Crippen LogP) is 1.91. The third-order valence-corrected chi connectivity index (χ3v) is 3.87. The van der Waals surface area contributed by atoms with Crippen LogP contribution in [0.15, 0.2) is 35.8 Å². The SMILES string of the molecule is NN/C(C(=O)O)=C(\N)OC1CCC(c2ccc(OC(F)(F)F)cc2)C1. The number of carbonyl (C=O) groups is 1. The Labute approximate surface area is 141 Å². The van der Waals surface area contributed by atoms with Crippen molar-refractivity contribution in [2.45, 2.75) is 37.6 Å². The molecule has 1 saturated carbocycles. The summed E-state index contributed by atoms with van der Waals surface area (Å²) in [6.45, 7) is 0. The first-order valence-electron chi connectivity index (χ1n) is 7.41. The molecule has 6 N–H and O–H groups in total. The zero-order valence-electron chi connectivity index (χ0n) is 13.0. The van der Waals surface area contributed by atoms with Gasteiger partial charge in [-0.1, -0.05) is 12.1 Å². The molecule has 25 heavy (non-hydrogen) atoms. The number of carboxylic acids is 1. The molecule has 0 spiro atoms. The minimum atomic E-state index is -4.73. The first kappa shape index (κ1) is 18.7. The van der Waals surface area contributed by atoms with Gasteiger partial charge in [0, 0.05) is 0 Å². The third-order valence-electron chi connectivity index (χ3n) is 3.87. The molecule has 138 valence electrons. The van der Waals surface area contributed by atoms with Gasteiger partial charge in [-0.15, -0.1) is 13.2 Å². The summed E-state index contributed by atoms with van der Waals surface area (Å²) in [6, 6.07) is 5.65. The monoisotopic (exact) mass is 361 g/mol. The number of hydrazine groups is 1. The quantitative estimate of drug-likeness (QED) is 0.264. The topological polar surface area (TPSA) is 120 Å². The Bertz CT molecular complexity index is 646. The highest BCUT2D eigenvalue weighted by Crippen LogP contribution is 2.37. The van der Waals surface area contributed by atoms with Crippen LogP contribution in [0, 0.1) is 0 Å². The molecule has 1 aliphatic rings. The molecule has 1 aromatic rings. The van der Waals surface area contributed by atoms with Crippen molar-refractivity contribution >= 4 is 5.97 Å². The van der Waals surface area contributed by atoms with E-state index in [1.54, 1.807) is 12.1 Å². The number of nitrogens with one attached hydrogen (secondary N) is 1. The van der Waals surface area contributed by atoms with Crippen LogP contribution in [0.2, 0.25) is 0 Å². The van der Waals surface area contributed by atoms with E-state index >= 15 is 0 Å². The van der Waals surface area contributed by atoms with Crippen LogP contribution in [-0.2, 0) is 9.53 Å². The predicted molar refractivity (Wildman–Crippen MR) is 80.8 cm³/mol. The Morgan fingerprint density at radius 3 is 2.40 bits per heavy atom. The van der Waals surface area contributed by atoms with Gasteiger partial charge < -0.3 is 25.7 Å². The van der Waals surface area contributed by atoms with E-state index in [4.69, 9.17) is 21.4 Å². The highest BCUT2D eigenvalue weighted by Gasteiger charge is 2.32. The first-order chi connectivity index (χ1) is 11.7. The molecular formula is C15H18F3N3O4. The van der Waals surface area contributed by atoms with Gasteiger partial charge >= 0.3 is 12.3 Å². The lowest BCUT2D eigenvalue weighted by Crippen LogP contribution is -2.31. The number of halogens is 3. The van der Waals surface area contributed by atoms with Crippen LogP contribution in [0.3, 0.4) is 0 Å². The van der Waals surface area contributed by atoms with E-state index in [0.29, 0.717) is 12.8 Å². The summed E-state index contributed by atoms with van der Waals surface area (Å²) in [5.41, 5.74) is 7.96. The molecule has 0 saturated heterocycles. The number of carboxylic acid groups (broad SMARTS) is 1. The molecule has 0 bridgehead atoms. The third kappa shape index (κ3) is 5.18. The molecule has 0 aliphatic heterocycles. The lowest BCUT2D eigenvalue weighted by Gasteiger charge is -2.16. The number of rotatable bonds is 6. The smallest absolute Gasteiger partial charge is 0.476 e. The van der Waals surface area contributed by atoms with Crippen LogP contribution in [0.1, 0.15) is 30.7 Å². The van der Waals surface area contributed by atoms with E-state index in [9.17, 15) is 18.0 Å². The molecule has 0 amide bonds. The molecule has 7 nitrogen and oxygen atoms in total. The van der Waals surface area contributed by atoms with E-state index in [-0.39, 0.29) is 23.7 Å². The molecule has 1 aromatic carbocycles. The molecule has 2 atom stereocenters. The zero-order chi connectivity index (χ0) is 18.6. The lowest BCUT2D eigenvalue weighted by molar-refractivity contribution is -0.274. The van der Waals surface area contributed by atoms with Crippen molar-refractivity contribution in [3.8, 4) is 5.75 Å². The number of benzene rings is 1. The van der Waals surface area contributed by atoms with Gasteiger partial charge in [0.2, 0.25) is 5.88 Å². The summed E-state index contributed by atoms with van der Waals surface area (Å²) in [6.07, 6.45) is -3.12. The number of alkyl halides is 3. The minimum absolute atomic E-state index is 0.0665. The van der Waals surface area contributed by atoms with Gasteiger partial charge in [0.1, 0.15) is 11.9 Å². The largest absolute Gasteiger partial charge is 0.573 e. The molecule has 2 rings (SSSR count).